The van der Waals surface area contributed by atoms with E-state index in [-0.39, 0.29) is 0 Å². The first-order valence-corrected chi connectivity index (χ1v) is 10.2. The van der Waals surface area contributed by atoms with Gasteiger partial charge in [-0.05, 0) is 60.4 Å². The molecule has 0 aliphatic heterocycles. The summed E-state index contributed by atoms with van der Waals surface area (Å²) in [5.41, 5.74) is 5.53. The molecule has 1 aliphatic rings. The molecule has 3 nitrogen and oxygen atoms in total. The Bertz CT molecular complexity index is 912. The number of rotatable bonds is 4. The van der Waals surface area contributed by atoms with Crippen LogP contribution in [0.2, 0.25) is 0 Å². The van der Waals surface area contributed by atoms with E-state index in [9.17, 15) is 5.26 Å². The topological polar surface area (TPSA) is 49.6 Å². The van der Waals surface area contributed by atoms with Crippen molar-refractivity contribution in [1.82, 2.24) is 9.97 Å². The second kappa shape index (κ2) is 7.38. The summed E-state index contributed by atoms with van der Waals surface area (Å²) in [7, 11) is 0. The standard InChI is InChI=1S/C20H17N3S2/c21-12-16-19(18-6-3-11-24-18)15-4-1-2-5-17(15)23-20(16)25-13-14-7-9-22-10-8-14/h3,6-11H,1-2,4-5,13H2. The van der Waals surface area contributed by atoms with E-state index in [4.69, 9.17) is 4.98 Å². The Kier molecular flexibility index (Phi) is 4.82. The Morgan fingerprint density at radius 2 is 2.00 bits per heavy atom. The van der Waals surface area contributed by atoms with Gasteiger partial charge in [0, 0.05) is 34.3 Å². The molecular formula is C20H17N3S2. The third kappa shape index (κ3) is 3.33. The molecule has 1 aliphatic carbocycles. The van der Waals surface area contributed by atoms with Gasteiger partial charge in [-0.1, -0.05) is 6.07 Å². The van der Waals surface area contributed by atoms with E-state index in [2.05, 4.69) is 28.6 Å². The molecule has 0 aromatic carbocycles. The van der Waals surface area contributed by atoms with Gasteiger partial charge in [-0.25, -0.2) is 4.98 Å². The van der Waals surface area contributed by atoms with Crippen LogP contribution in [0.25, 0.3) is 10.4 Å². The van der Waals surface area contributed by atoms with Gasteiger partial charge >= 0.3 is 0 Å². The number of nitriles is 1. The molecule has 3 aromatic rings. The molecule has 0 bridgehead atoms. The Hall–Kier alpha value is -2.16. The third-order valence-corrected chi connectivity index (χ3v) is 6.38. The molecule has 3 heterocycles. The molecule has 5 heteroatoms. The second-order valence-electron chi connectivity index (χ2n) is 6.03. The van der Waals surface area contributed by atoms with Gasteiger partial charge in [0.05, 0.1) is 5.56 Å². The van der Waals surface area contributed by atoms with Crippen LogP contribution in [-0.4, -0.2) is 9.97 Å². The number of thiophene rings is 1. The van der Waals surface area contributed by atoms with Crippen LogP contribution in [0.4, 0.5) is 0 Å². The minimum absolute atomic E-state index is 0.738. The molecule has 0 N–H and O–H groups in total. The van der Waals surface area contributed by atoms with Crippen molar-refractivity contribution in [2.45, 2.75) is 36.5 Å². The van der Waals surface area contributed by atoms with E-state index in [0.29, 0.717) is 0 Å². The lowest BCUT2D eigenvalue weighted by molar-refractivity contribution is 0.661. The predicted octanol–water partition coefficient (Wildman–Crippen LogP) is 5.25. The van der Waals surface area contributed by atoms with Gasteiger partial charge in [0.25, 0.3) is 0 Å². The van der Waals surface area contributed by atoms with Crippen LogP contribution in [0, 0.1) is 11.3 Å². The van der Waals surface area contributed by atoms with Gasteiger partial charge < -0.3 is 0 Å². The highest BCUT2D eigenvalue weighted by atomic mass is 32.2. The molecule has 0 saturated heterocycles. The van der Waals surface area contributed by atoms with Crippen molar-refractivity contribution in [2.75, 3.05) is 0 Å². The predicted molar refractivity (Wildman–Crippen MR) is 103 cm³/mol. The lowest BCUT2D eigenvalue weighted by Gasteiger charge is -2.21. The largest absolute Gasteiger partial charge is 0.265 e. The first kappa shape index (κ1) is 16.3. The van der Waals surface area contributed by atoms with Gasteiger partial charge in [-0.2, -0.15) is 5.26 Å². The summed E-state index contributed by atoms with van der Waals surface area (Å²) in [6.07, 6.45) is 8.02. The molecule has 0 unspecified atom stereocenters. The summed E-state index contributed by atoms with van der Waals surface area (Å²) in [5.74, 6) is 0.798. The number of hydrogen-bond donors (Lipinski definition) is 0. The molecular weight excluding hydrogens is 346 g/mol. The third-order valence-electron chi connectivity index (χ3n) is 4.45. The van der Waals surface area contributed by atoms with Crippen molar-refractivity contribution in [1.29, 1.82) is 5.26 Å². The monoisotopic (exact) mass is 363 g/mol. The lowest BCUT2D eigenvalue weighted by atomic mass is 9.89. The van der Waals surface area contributed by atoms with Crippen molar-refractivity contribution >= 4 is 23.1 Å². The second-order valence-corrected chi connectivity index (χ2v) is 7.94. The maximum atomic E-state index is 9.89. The molecule has 3 aromatic heterocycles. The van der Waals surface area contributed by atoms with E-state index >= 15 is 0 Å². The smallest absolute Gasteiger partial charge is 0.115 e. The van der Waals surface area contributed by atoms with Crippen LogP contribution >= 0.6 is 23.1 Å². The van der Waals surface area contributed by atoms with Crippen LogP contribution < -0.4 is 0 Å². The number of aryl methyl sites for hydroxylation is 1. The molecule has 0 fully saturated rings. The summed E-state index contributed by atoms with van der Waals surface area (Å²) in [4.78, 5) is 10.1. The minimum Gasteiger partial charge on any atom is -0.265 e. The fourth-order valence-electron chi connectivity index (χ4n) is 3.25. The zero-order chi connectivity index (χ0) is 17.1. The maximum absolute atomic E-state index is 9.89. The van der Waals surface area contributed by atoms with Crippen LogP contribution in [0.15, 0.2) is 47.1 Å². The van der Waals surface area contributed by atoms with Crippen LogP contribution in [0.1, 0.15) is 35.2 Å². The zero-order valence-electron chi connectivity index (χ0n) is 13.7. The van der Waals surface area contributed by atoms with E-state index in [1.165, 1.54) is 34.5 Å². The molecule has 0 amide bonds. The zero-order valence-corrected chi connectivity index (χ0v) is 15.4. The average Bonchev–Trinajstić information content (AvgIpc) is 3.20. The molecule has 4 rings (SSSR count). The van der Waals surface area contributed by atoms with E-state index < -0.39 is 0 Å². The quantitative estimate of drug-likeness (QED) is 0.594. The highest BCUT2D eigenvalue weighted by molar-refractivity contribution is 7.98. The van der Waals surface area contributed by atoms with Crippen LogP contribution in [0.3, 0.4) is 0 Å². The summed E-state index contributed by atoms with van der Waals surface area (Å²) < 4.78 is 0. The van der Waals surface area contributed by atoms with Gasteiger partial charge in [0.1, 0.15) is 11.1 Å². The van der Waals surface area contributed by atoms with Gasteiger partial charge in [0.2, 0.25) is 0 Å². The minimum atomic E-state index is 0.738. The van der Waals surface area contributed by atoms with E-state index in [1.54, 1.807) is 35.5 Å². The van der Waals surface area contributed by atoms with Gasteiger partial charge in [-0.3, -0.25) is 4.98 Å². The highest BCUT2D eigenvalue weighted by Gasteiger charge is 2.23. The van der Waals surface area contributed by atoms with Crippen molar-refractivity contribution < 1.29 is 0 Å². The summed E-state index contributed by atoms with van der Waals surface area (Å²) in [6, 6.07) is 10.6. The van der Waals surface area contributed by atoms with E-state index in [1.807, 2.05) is 12.1 Å². The Morgan fingerprint density at radius 1 is 1.16 bits per heavy atom. The van der Waals surface area contributed by atoms with E-state index in [0.717, 1.165) is 34.7 Å². The average molecular weight is 364 g/mol. The molecule has 0 spiro atoms. The maximum Gasteiger partial charge on any atom is 0.115 e. The van der Waals surface area contributed by atoms with Crippen LogP contribution in [0.5, 0.6) is 0 Å². The van der Waals surface area contributed by atoms with Crippen molar-refractivity contribution in [3.8, 4) is 16.5 Å². The lowest BCUT2D eigenvalue weighted by Crippen LogP contribution is -2.10. The fourth-order valence-corrected chi connectivity index (χ4v) is 5.02. The van der Waals surface area contributed by atoms with Gasteiger partial charge in [-0.15, -0.1) is 23.1 Å². The number of hydrogen-bond acceptors (Lipinski definition) is 5. The Balaban J connectivity index is 1.79. The summed E-state index contributed by atoms with van der Waals surface area (Å²) in [5, 5.41) is 12.8. The highest BCUT2D eigenvalue weighted by Crippen LogP contribution is 2.40. The molecule has 124 valence electrons. The number of fused-ring (bicyclic) bond motifs is 1. The molecule has 25 heavy (non-hydrogen) atoms. The van der Waals surface area contributed by atoms with Crippen molar-refractivity contribution in [3.05, 3.63) is 64.4 Å². The number of nitrogens with zero attached hydrogens (tertiary/aromatic N) is 3. The SMILES string of the molecule is N#Cc1c(SCc2ccncc2)nc2c(c1-c1cccs1)CCCC2. The Morgan fingerprint density at radius 3 is 2.76 bits per heavy atom. The number of pyridine rings is 2. The molecule has 0 radical (unpaired) electrons. The Labute approximate surface area is 155 Å². The first-order chi connectivity index (χ1) is 12.4. The summed E-state index contributed by atoms with van der Waals surface area (Å²) in [6.45, 7) is 0. The number of aromatic nitrogens is 2. The van der Waals surface area contributed by atoms with Crippen molar-refractivity contribution in [2.24, 2.45) is 0 Å². The number of thioether (sulfide) groups is 1. The summed E-state index contributed by atoms with van der Waals surface area (Å²) >= 11 is 3.36. The molecule has 0 atom stereocenters. The first-order valence-electron chi connectivity index (χ1n) is 8.38. The fraction of sp³-hybridized carbons (Fsp3) is 0.250. The van der Waals surface area contributed by atoms with Crippen LogP contribution in [-0.2, 0) is 18.6 Å². The normalized spacial score (nSPS) is 13.2. The van der Waals surface area contributed by atoms with Gasteiger partial charge in [0.15, 0.2) is 0 Å². The van der Waals surface area contributed by atoms with Crippen molar-refractivity contribution in [3.63, 3.8) is 0 Å². The molecule has 0 saturated carbocycles.